The third-order valence-electron chi connectivity index (χ3n) is 5.59. The van der Waals surface area contributed by atoms with Gasteiger partial charge < -0.3 is 10.6 Å². The van der Waals surface area contributed by atoms with Crippen molar-refractivity contribution < 1.29 is 4.79 Å². The van der Waals surface area contributed by atoms with Gasteiger partial charge in [0.25, 0.3) is 0 Å². The Hall–Kier alpha value is -1.10. The summed E-state index contributed by atoms with van der Waals surface area (Å²) in [7, 11) is 0. The average molecular weight is 380 g/mol. The summed E-state index contributed by atoms with van der Waals surface area (Å²) in [6.07, 6.45) is 7.32. The second-order valence-corrected chi connectivity index (χ2v) is 7.80. The van der Waals surface area contributed by atoms with Crippen molar-refractivity contribution in [3.63, 3.8) is 0 Å². The predicted octanol–water partition coefficient (Wildman–Crippen LogP) is 3.49. The number of rotatable bonds is 5. The average Bonchev–Trinajstić information content (AvgIpc) is 2.89. The number of carbonyl (C=O) groups excluding carboxylic acids is 1. The molecule has 26 heavy (non-hydrogen) atoms. The zero-order valence-corrected chi connectivity index (χ0v) is 16.8. The van der Waals surface area contributed by atoms with Crippen LogP contribution >= 0.6 is 12.4 Å². The molecule has 2 aliphatic heterocycles. The number of hydrogen-bond donors (Lipinski definition) is 2. The number of benzene rings is 1. The normalized spacial score (nSPS) is 24.3. The van der Waals surface area contributed by atoms with Gasteiger partial charge >= 0.3 is 0 Å². The van der Waals surface area contributed by atoms with Crippen molar-refractivity contribution in [2.75, 3.05) is 19.6 Å². The quantitative estimate of drug-likeness (QED) is 0.823. The van der Waals surface area contributed by atoms with Gasteiger partial charge in [-0.15, -0.1) is 12.4 Å². The number of nitrogens with one attached hydrogen (secondary N) is 2. The molecule has 1 aromatic carbocycles. The van der Waals surface area contributed by atoms with Crippen molar-refractivity contribution in [1.29, 1.82) is 0 Å². The number of amides is 1. The van der Waals surface area contributed by atoms with Gasteiger partial charge in [-0.2, -0.15) is 0 Å². The van der Waals surface area contributed by atoms with Crippen molar-refractivity contribution >= 4 is 18.3 Å². The predicted molar refractivity (Wildman–Crippen MR) is 109 cm³/mol. The first kappa shape index (κ1) is 21.2. The molecule has 0 aromatic heterocycles. The summed E-state index contributed by atoms with van der Waals surface area (Å²) >= 11 is 0. The molecule has 1 amide bonds. The Morgan fingerprint density at radius 2 is 1.77 bits per heavy atom. The molecule has 2 N–H and O–H groups in total. The lowest BCUT2D eigenvalue weighted by atomic mass is 9.92. The number of halogens is 1. The van der Waals surface area contributed by atoms with Crippen LogP contribution in [0.4, 0.5) is 0 Å². The summed E-state index contributed by atoms with van der Waals surface area (Å²) in [5.74, 6) is 0.376. The Morgan fingerprint density at radius 3 is 2.42 bits per heavy atom. The summed E-state index contributed by atoms with van der Waals surface area (Å²) in [4.78, 5) is 14.9. The van der Waals surface area contributed by atoms with Crippen LogP contribution in [0.1, 0.15) is 56.6 Å². The number of nitrogens with zero attached hydrogens (tertiary/aromatic N) is 1. The Bertz CT molecular complexity index is 541. The van der Waals surface area contributed by atoms with Gasteiger partial charge in [-0.05, 0) is 63.4 Å². The fourth-order valence-electron chi connectivity index (χ4n) is 4.02. The third kappa shape index (κ3) is 6.57. The van der Waals surface area contributed by atoms with E-state index in [9.17, 15) is 4.79 Å². The van der Waals surface area contributed by atoms with Crippen molar-refractivity contribution in [1.82, 2.24) is 15.5 Å². The van der Waals surface area contributed by atoms with E-state index >= 15 is 0 Å². The van der Waals surface area contributed by atoms with Gasteiger partial charge in [-0.1, -0.05) is 37.1 Å². The second-order valence-electron chi connectivity index (χ2n) is 7.80. The Morgan fingerprint density at radius 1 is 1.12 bits per heavy atom. The maximum atomic E-state index is 12.3. The topological polar surface area (TPSA) is 44.4 Å². The van der Waals surface area contributed by atoms with Crippen LogP contribution in [0.25, 0.3) is 0 Å². The van der Waals surface area contributed by atoms with E-state index in [0.717, 1.165) is 25.9 Å². The van der Waals surface area contributed by atoms with Crippen LogP contribution in [0.15, 0.2) is 24.3 Å². The minimum absolute atomic E-state index is 0. The first-order valence-electron chi connectivity index (χ1n) is 10.0. The number of hydrogen-bond acceptors (Lipinski definition) is 3. The van der Waals surface area contributed by atoms with Crippen molar-refractivity contribution in [3.05, 3.63) is 35.4 Å². The molecule has 0 saturated carbocycles. The maximum Gasteiger partial charge on any atom is 0.223 e. The van der Waals surface area contributed by atoms with Crippen LogP contribution in [0.2, 0.25) is 0 Å². The standard InChI is InChI=1S/C21H33N3O.ClH/c1-17-14-20(10-11-22-17)21(25)23-15-18-6-8-19(9-7-18)16-24-12-4-2-3-5-13-24;/h6-9,17,20,22H,2-5,10-16H2,1H3,(H,23,25);1H/t17-,20-;/m0./s1. The summed E-state index contributed by atoms with van der Waals surface area (Å²) in [5, 5.41) is 6.52. The fraction of sp³-hybridized carbons (Fsp3) is 0.667. The Labute approximate surface area is 164 Å². The SMILES string of the molecule is C[C@H]1C[C@@H](C(=O)NCc2ccc(CN3CCCCCC3)cc2)CCN1.Cl. The molecule has 0 unspecified atom stereocenters. The van der Waals surface area contributed by atoms with Gasteiger partial charge in [0.2, 0.25) is 5.91 Å². The monoisotopic (exact) mass is 379 g/mol. The van der Waals surface area contributed by atoms with E-state index < -0.39 is 0 Å². The number of likely N-dealkylation sites (tertiary alicyclic amines) is 1. The van der Waals surface area contributed by atoms with E-state index in [1.807, 2.05) is 0 Å². The molecule has 0 bridgehead atoms. The van der Waals surface area contributed by atoms with Crippen LogP contribution in [0.3, 0.4) is 0 Å². The molecule has 4 nitrogen and oxygen atoms in total. The van der Waals surface area contributed by atoms with Gasteiger partial charge in [-0.3, -0.25) is 9.69 Å². The van der Waals surface area contributed by atoms with E-state index in [1.54, 1.807) is 0 Å². The first-order valence-corrected chi connectivity index (χ1v) is 10.0. The molecule has 0 spiro atoms. The molecule has 2 aliphatic rings. The number of carbonyl (C=O) groups is 1. The highest BCUT2D eigenvalue weighted by Gasteiger charge is 2.24. The lowest BCUT2D eigenvalue weighted by molar-refractivity contribution is -0.126. The van der Waals surface area contributed by atoms with E-state index in [0.29, 0.717) is 12.6 Å². The van der Waals surface area contributed by atoms with Gasteiger partial charge in [0.15, 0.2) is 0 Å². The van der Waals surface area contributed by atoms with Crippen LogP contribution < -0.4 is 10.6 Å². The zero-order valence-electron chi connectivity index (χ0n) is 16.0. The molecule has 0 radical (unpaired) electrons. The van der Waals surface area contributed by atoms with Gasteiger partial charge in [0.05, 0.1) is 0 Å². The van der Waals surface area contributed by atoms with Gasteiger partial charge in [0.1, 0.15) is 0 Å². The Kier molecular flexibility index (Phi) is 8.89. The molecule has 5 heteroatoms. The highest BCUT2D eigenvalue weighted by molar-refractivity contribution is 5.85. The van der Waals surface area contributed by atoms with Crippen molar-refractivity contribution in [2.45, 2.75) is 64.6 Å². The smallest absolute Gasteiger partial charge is 0.223 e. The second kappa shape index (κ2) is 10.9. The van der Waals surface area contributed by atoms with Crippen LogP contribution in [-0.2, 0) is 17.9 Å². The minimum atomic E-state index is 0. The molecule has 2 fully saturated rings. The lowest BCUT2D eigenvalue weighted by Gasteiger charge is -2.27. The van der Waals surface area contributed by atoms with Crippen LogP contribution in [-0.4, -0.2) is 36.5 Å². The fourth-order valence-corrected chi connectivity index (χ4v) is 4.02. The molecule has 3 rings (SSSR count). The highest BCUT2D eigenvalue weighted by atomic mass is 35.5. The first-order chi connectivity index (χ1) is 12.2. The zero-order chi connectivity index (χ0) is 17.5. The van der Waals surface area contributed by atoms with Crippen molar-refractivity contribution in [3.8, 4) is 0 Å². The van der Waals surface area contributed by atoms with Gasteiger partial charge in [0, 0.05) is 25.0 Å². The maximum absolute atomic E-state index is 12.3. The Balaban J connectivity index is 0.00000243. The minimum Gasteiger partial charge on any atom is -0.352 e. The summed E-state index contributed by atoms with van der Waals surface area (Å²) < 4.78 is 0. The third-order valence-corrected chi connectivity index (χ3v) is 5.59. The number of piperidine rings is 1. The molecular formula is C21H34ClN3O. The van der Waals surface area contributed by atoms with Crippen LogP contribution in [0.5, 0.6) is 0 Å². The largest absolute Gasteiger partial charge is 0.352 e. The van der Waals surface area contributed by atoms with E-state index in [4.69, 9.17) is 0 Å². The van der Waals surface area contributed by atoms with Crippen molar-refractivity contribution in [2.24, 2.45) is 5.92 Å². The molecule has 2 saturated heterocycles. The van der Waals surface area contributed by atoms with E-state index in [1.165, 1.54) is 49.9 Å². The highest BCUT2D eigenvalue weighted by Crippen LogP contribution is 2.17. The molecule has 0 aliphatic carbocycles. The van der Waals surface area contributed by atoms with E-state index in [2.05, 4.69) is 46.7 Å². The van der Waals surface area contributed by atoms with Gasteiger partial charge in [-0.25, -0.2) is 0 Å². The van der Waals surface area contributed by atoms with Crippen LogP contribution in [0, 0.1) is 5.92 Å². The van der Waals surface area contributed by atoms with E-state index in [-0.39, 0.29) is 24.2 Å². The molecule has 146 valence electrons. The molecular weight excluding hydrogens is 346 g/mol. The summed E-state index contributed by atoms with van der Waals surface area (Å²) in [5.41, 5.74) is 2.57. The summed E-state index contributed by atoms with van der Waals surface area (Å²) in [6, 6.07) is 9.22. The summed E-state index contributed by atoms with van der Waals surface area (Å²) in [6.45, 7) is 7.26. The molecule has 2 heterocycles. The molecule has 1 aromatic rings. The lowest BCUT2D eigenvalue weighted by Crippen LogP contribution is -2.42. The molecule has 2 atom stereocenters.